The molecule has 9 aromatic rings. The number of phenolic OH excluding ortho intramolecular Hbond substituents is 2. The number of halogens is 7. The second kappa shape index (κ2) is 20.8. The molecule has 2 aromatic heterocycles. The lowest BCUT2D eigenvalue weighted by Crippen LogP contribution is -1.98. The number of hydrogen-bond donors (Lipinski definition) is 2. The van der Waals surface area contributed by atoms with Crippen LogP contribution in [-0.4, -0.2) is 30.6 Å². The fourth-order valence-corrected chi connectivity index (χ4v) is 8.93. The van der Waals surface area contributed by atoms with Crippen LogP contribution in [-0.2, 0) is 12.8 Å². The van der Waals surface area contributed by atoms with Gasteiger partial charge in [0.1, 0.15) is 23.0 Å². The zero-order valence-electron chi connectivity index (χ0n) is 36.5. The van der Waals surface area contributed by atoms with Crippen molar-refractivity contribution in [1.82, 2.24) is 20.4 Å². The largest absolute Gasteiger partial charge is 0.507 e. The predicted molar refractivity (Wildman–Crippen MR) is 263 cm³/mol. The van der Waals surface area contributed by atoms with Gasteiger partial charge >= 0.3 is 0 Å². The van der Waals surface area contributed by atoms with E-state index in [4.69, 9.17) is 75.2 Å². The molecule has 0 amide bonds. The number of rotatable bonds is 10. The van der Waals surface area contributed by atoms with Crippen molar-refractivity contribution in [2.24, 2.45) is 0 Å². The molecule has 0 atom stereocenters. The molecule has 0 aliphatic carbocycles. The van der Waals surface area contributed by atoms with E-state index in [2.05, 4.69) is 36.3 Å². The van der Waals surface area contributed by atoms with E-state index in [1.807, 2.05) is 50.3 Å². The summed E-state index contributed by atoms with van der Waals surface area (Å²) in [5, 5.41) is 57.4. The van der Waals surface area contributed by atoms with Crippen LogP contribution < -0.4 is 9.47 Å². The minimum Gasteiger partial charge on any atom is -0.507 e. The SMILES string of the molecule is Cc1c(-c2nnc(Cc3ccc(Cl)c(Oc4cc(Cl)cc(C#N)c4)c3F)o2)cc(O)c2ccccc12.Cc1cc(C)c(-c2nnc(Cc3ccc(Cl)c(Oc4cc(Cl)cc(C#N)c4)c3F)o2)c(Br)c1O. The summed E-state index contributed by atoms with van der Waals surface area (Å²) in [7, 11) is 0. The number of phenols is 2. The fourth-order valence-electron chi connectivity index (χ4n) is 7.32. The van der Waals surface area contributed by atoms with Gasteiger partial charge in [-0.2, -0.15) is 10.5 Å². The lowest BCUT2D eigenvalue weighted by Gasteiger charge is -2.12. The number of nitrogens with zero attached hydrogens (tertiary/aromatic N) is 6. The normalized spacial score (nSPS) is 10.9. The number of aromatic nitrogens is 4. The van der Waals surface area contributed by atoms with Crippen LogP contribution in [0.4, 0.5) is 8.78 Å². The van der Waals surface area contributed by atoms with Crippen LogP contribution >= 0.6 is 62.3 Å². The molecule has 350 valence electrons. The first-order valence-corrected chi connectivity index (χ1v) is 22.9. The van der Waals surface area contributed by atoms with Gasteiger partial charge < -0.3 is 28.5 Å². The minimum atomic E-state index is -0.712. The molecule has 9 rings (SSSR count). The van der Waals surface area contributed by atoms with Crippen molar-refractivity contribution in [2.45, 2.75) is 33.6 Å². The van der Waals surface area contributed by atoms with E-state index in [-0.39, 0.29) is 113 Å². The number of aromatic hydroxyl groups is 2. The molecule has 0 radical (unpaired) electrons. The molecule has 0 saturated carbocycles. The molecule has 0 unspecified atom stereocenters. The van der Waals surface area contributed by atoms with Gasteiger partial charge in [-0.15, -0.1) is 20.4 Å². The van der Waals surface area contributed by atoms with E-state index in [0.717, 1.165) is 21.9 Å². The third kappa shape index (κ3) is 10.5. The number of ether oxygens (including phenoxy) is 2. The Kier molecular flexibility index (Phi) is 14.6. The molecule has 2 heterocycles. The standard InChI is InChI=1S/C27H16Cl2FN3O3.C24H15BrCl2FN3O3/c1-14-19-4-2-3-5-20(19)23(34)12-21(14)27-33-32-24(36-27)10-16-6-7-22(29)26(25(16)30)35-18-9-15(13-31)8-17(28)11-18;1-11-5-12(2)22(32)20(25)19(11)24-31-30-18(34-24)8-14-3-4-17(27)23(21(14)28)33-16-7-13(10-29)6-15(26)9-16/h2-9,11-12,34H,10H2,1H3;3-7,9,32H,8H2,1-2H3. The second-order valence-electron chi connectivity index (χ2n) is 15.5. The lowest BCUT2D eigenvalue weighted by atomic mass is 9.99. The van der Waals surface area contributed by atoms with Gasteiger partial charge in [-0.1, -0.05) is 88.9 Å². The Morgan fingerprint density at radius 3 is 1.66 bits per heavy atom. The Labute approximate surface area is 425 Å². The van der Waals surface area contributed by atoms with Gasteiger partial charge in [0, 0.05) is 32.1 Å². The average Bonchev–Trinajstić information content (AvgIpc) is 4.01. The minimum absolute atomic E-state index is 0.0238. The summed E-state index contributed by atoms with van der Waals surface area (Å²) in [6, 6.07) is 29.4. The van der Waals surface area contributed by atoms with E-state index in [1.165, 1.54) is 60.7 Å². The first kappa shape index (κ1) is 49.2. The van der Waals surface area contributed by atoms with Gasteiger partial charge in [0.2, 0.25) is 23.6 Å². The van der Waals surface area contributed by atoms with Gasteiger partial charge in [-0.3, -0.25) is 0 Å². The van der Waals surface area contributed by atoms with Gasteiger partial charge in [-0.25, -0.2) is 8.78 Å². The molecule has 2 N–H and O–H groups in total. The van der Waals surface area contributed by atoms with Crippen LogP contribution in [0.5, 0.6) is 34.5 Å². The Hall–Kier alpha value is -7.24. The van der Waals surface area contributed by atoms with E-state index in [9.17, 15) is 10.2 Å². The summed E-state index contributed by atoms with van der Waals surface area (Å²) in [4.78, 5) is 0. The van der Waals surface area contributed by atoms with Gasteiger partial charge in [0.25, 0.3) is 0 Å². The summed E-state index contributed by atoms with van der Waals surface area (Å²) in [6.07, 6.45) is -0.0518. The van der Waals surface area contributed by atoms with Crippen LogP contribution in [0.2, 0.25) is 20.1 Å². The summed E-state index contributed by atoms with van der Waals surface area (Å²) in [5.74, 6) is -0.629. The lowest BCUT2D eigenvalue weighted by molar-refractivity contribution is 0.437. The maximum Gasteiger partial charge on any atom is 0.249 e. The zero-order valence-corrected chi connectivity index (χ0v) is 41.1. The summed E-state index contributed by atoms with van der Waals surface area (Å²) in [6.45, 7) is 5.53. The van der Waals surface area contributed by atoms with Crippen LogP contribution in [0.25, 0.3) is 33.7 Å². The maximum absolute atomic E-state index is 15.4. The van der Waals surface area contributed by atoms with Gasteiger partial charge in [0.15, 0.2) is 23.1 Å². The third-order valence-corrected chi connectivity index (χ3v) is 12.5. The Morgan fingerprint density at radius 2 is 1.13 bits per heavy atom. The van der Waals surface area contributed by atoms with Crippen molar-refractivity contribution in [3.8, 4) is 69.5 Å². The molecule has 0 fully saturated rings. The highest BCUT2D eigenvalue weighted by Crippen LogP contribution is 2.41. The number of aryl methyl sites for hydroxylation is 3. The molecule has 0 bridgehead atoms. The van der Waals surface area contributed by atoms with Crippen molar-refractivity contribution in [2.75, 3.05) is 0 Å². The van der Waals surface area contributed by atoms with Crippen LogP contribution in [0, 0.1) is 55.1 Å². The number of benzene rings is 7. The second-order valence-corrected chi connectivity index (χ2v) is 18.0. The fraction of sp³-hybridized carbons (Fsp3) is 0.0980. The number of hydrogen-bond acceptors (Lipinski definition) is 12. The first-order valence-electron chi connectivity index (χ1n) is 20.6. The summed E-state index contributed by atoms with van der Waals surface area (Å²) in [5.41, 5.74) is 4.47. The monoisotopic (exact) mass is 1080 g/mol. The highest BCUT2D eigenvalue weighted by molar-refractivity contribution is 9.10. The van der Waals surface area contributed by atoms with Crippen LogP contribution in [0.3, 0.4) is 0 Å². The average molecular weight is 1080 g/mol. The quantitative estimate of drug-likeness (QED) is 0.132. The number of fused-ring (bicyclic) bond motifs is 1. The molecule has 0 saturated heterocycles. The smallest absolute Gasteiger partial charge is 0.249 e. The molecule has 12 nitrogen and oxygen atoms in total. The van der Waals surface area contributed by atoms with Gasteiger partial charge in [-0.05, 0) is 113 Å². The van der Waals surface area contributed by atoms with Gasteiger partial charge in [0.05, 0.1) is 56.2 Å². The van der Waals surface area contributed by atoms with Crippen molar-refractivity contribution < 1.29 is 37.3 Å². The molecule has 0 aliphatic heterocycles. The maximum atomic E-state index is 15.4. The molecular weight excluding hydrogens is 1050 g/mol. The first-order chi connectivity index (χ1) is 33.5. The number of nitriles is 2. The van der Waals surface area contributed by atoms with E-state index >= 15 is 8.78 Å². The highest BCUT2D eigenvalue weighted by atomic mass is 79.9. The Balaban J connectivity index is 0.000000189. The molecule has 70 heavy (non-hydrogen) atoms. The zero-order chi connectivity index (χ0) is 50.0. The van der Waals surface area contributed by atoms with E-state index in [0.29, 0.717) is 21.2 Å². The Bertz CT molecular complexity index is 3610. The van der Waals surface area contributed by atoms with Crippen LogP contribution in [0.1, 0.15) is 50.7 Å². The van der Waals surface area contributed by atoms with Crippen molar-refractivity contribution in [3.05, 3.63) is 184 Å². The van der Waals surface area contributed by atoms with Crippen LogP contribution in [0.15, 0.2) is 110 Å². The molecule has 7 aromatic carbocycles. The molecule has 0 aliphatic rings. The van der Waals surface area contributed by atoms with E-state index in [1.54, 1.807) is 19.1 Å². The topological polar surface area (TPSA) is 184 Å². The molecular formula is C51H31BrCl4F2N6O6. The predicted octanol–water partition coefficient (Wildman–Crippen LogP) is 15.1. The summed E-state index contributed by atoms with van der Waals surface area (Å²) >= 11 is 27.8. The van der Waals surface area contributed by atoms with E-state index < -0.39 is 11.6 Å². The van der Waals surface area contributed by atoms with Crippen molar-refractivity contribution >= 4 is 73.1 Å². The Morgan fingerprint density at radius 1 is 0.629 bits per heavy atom. The van der Waals surface area contributed by atoms with Crippen molar-refractivity contribution in [3.63, 3.8) is 0 Å². The van der Waals surface area contributed by atoms with Crippen molar-refractivity contribution in [1.29, 1.82) is 10.5 Å². The molecule has 0 spiro atoms. The molecule has 19 heteroatoms. The third-order valence-electron chi connectivity index (χ3n) is 10.7. The highest BCUT2D eigenvalue weighted by Gasteiger charge is 2.23. The summed E-state index contributed by atoms with van der Waals surface area (Å²) < 4.78 is 54.0.